The first-order valence-electron chi connectivity index (χ1n) is 8.26. The first-order chi connectivity index (χ1) is 9.99. The van der Waals surface area contributed by atoms with Gasteiger partial charge in [-0.15, -0.1) is 0 Å². The molecule has 120 valence electrons. The van der Waals surface area contributed by atoms with Crippen LogP contribution in [0, 0.1) is 5.92 Å². The van der Waals surface area contributed by atoms with E-state index in [1.807, 2.05) is 16.7 Å². The third kappa shape index (κ3) is 3.39. The summed E-state index contributed by atoms with van der Waals surface area (Å²) in [7, 11) is 0. The second-order valence-corrected chi connectivity index (χ2v) is 6.68. The average Bonchev–Trinajstić information content (AvgIpc) is 2.84. The first-order valence-corrected chi connectivity index (χ1v) is 8.26. The molecule has 0 saturated carbocycles. The van der Waals surface area contributed by atoms with Gasteiger partial charge < -0.3 is 10.0 Å². The Balaban J connectivity index is 2.00. The Kier molecular flexibility index (Phi) is 5.25. The quantitative estimate of drug-likeness (QED) is 0.842. The number of rotatable bonds is 5. The van der Waals surface area contributed by atoms with Crippen LogP contribution in [0.25, 0.3) is 0 Å². The number of amides is 1. The lowest BCUT2D eigenvalue weighted by atomic mass is 9.90. The molecule has 2 rings (SSSR count). The zero-order chi connectivity index (χ0) is 15.5. The summed E-state index contributed by atoms with van der Waals surface area (Å²) in [5.74, 6) is 0.0338. The van der Waals surface area contributed by atoms with E-state index < -0.39 is 11.5 Å². The summed E-state index contributed by atoms with van der Waals surface area (Å²) in [6.07, 6.45) is 5.12. The van der Waals surface area contributed by atoms with Gasteiger partial charge in [0.05, 0.1) is 6.54 Å². The Bertz CT molecular complexity index is 391. The van der Waals surface area contributed by atoms with Crippen LogP contribution in [0.2, 0.25) is 0 Å². The lowest BCUT2D eigenvalue weighted by Crippen LogP contribution is -2.54. The molecule has 1 amide bonds. The van der Waals surface area contributed by atoms with Crippen molar-refractivity contribution >= 4 is 11.9 Å². The maximum absolute atomic E-state index is 12.5. The van der Waals surface area contributed by atoms with E-state index in [2.05, 4.69) is 6.92 Å². The van der Waals surface area contributed by atoms with Gasteiger partial charge in [-0.3, -0.25) is 14.5 Å². The maximum Gasteiger partial charge on any atom is 0.324 e. The largest absolute Gasteiger partial charge is 0.480 e. The molecule has 0 bridgehead atoms. The molecule has 0 aromatic carbocycles. The molecule has 0 spiro atoms. The third-order valence-corrected chi connectivity index (χ3v) is 5.15. The van der Waals surface area contributed by atoms with E-state index in [1.165, 1.54) is 0 Å². The van der Waals surface area contributed by atoms with Crippen LogP contribution < -0.4 is 0 Å². The molecule has 2 aliphatic heterocycles. The molecule has 5 nitrogen and oxygen atoms in total. The molecule has 5 heteroatoms. The minimum absolute atomic E-state index is 0.102. The Labute approximate surface area is 127 Å². The topological polar surface area (TPSA) is 60.9 Å². The fourth-order valence-electron chi connectivity index (χ4n) is 3.73. The molecule has 0 radical (unpaired) electrons. The van der Waals surface area contributed by atoms with E-state index >= 15 is 0 Å². The highest BCUT2D eigenvalue weighted by molar-refractivity contribution is 5.82. The highest BCUT2D eigenvalue weighted by Crippen LogP contribution is 2.34. The van der Waals surface area contributed by atoms with Crippen LogP contribution >= 0.6 is 0 Å². The van der Waals surface area contributed by atoms with E-state index in [0.29, 0.717) is 18.8 Å². The lowest BCUT2D eigenvalue weighted by molar-refractivity contribution is -0.152. The van der Waals surface area contributed by atoms with Crippen LogP contribution in [-0.4, -0.2) is 58.5 Å². The van der Waals surface area contributed by atoms with Crippen molar-refractivity contribution in [3.8, 4) is 0 Å². The number of carboxylic acids is 1. The van der Waals surface area contributed by atoms with E-state index in [-0.39, 0.29) is 12.5 Å². The number of carbonyl (C=O) groups is 2. The van der Waals surface area contributed by atoms with Gasteiger partial charge in [-0.2, -0.15) is 0 Å². The predicted octanol–water partition coefficient (Wildman–Crippen LogP) is 1.96. The van der Waals surface area contributed by atoms with Crippen molar-refractivity contribution < 1.29 is 14.7 Å². The van der Waals surface area contributed by atoms with Crippen molar-refractivity contribution in [1.82, 2.24) is 9.80 Å². The van der Waals surface area contributed by atoms with Crippen molar-refractivity contribution in [2.45, 2.75) is 57.9 Å². The number of nitrogens with zero attached hydrogens (tertiary/aromatic N) is 2. The van der Waals surface area contributed by atoms with Crippen molar-refractivity contribution in [3.63, 3.8) is 0 Å². The first kappa shape index (κ1) is 16.3. The van der Waals surface area contributed by atoms with Crippen LogP contribution in [0.3, 0.4) is 0 Å². The van der Waals surface area contributed by atoms with Gasteiger partial charge in [-0.1, -0.05) is 20.3 Å². The Morgan fingerprint density at radius 2 is 1.90 bits per heavy atom. The number of aliphatic carboxylic acids is 1. The van der Waals surface area contributed by atoms with E-state index in [4.69, 9.17) is 0 Å². The number of carboxylic acid groups (broad SMARTS) is 1. The molecule has 0 aromatic heterocycles. The monoisotopic (exact) mass is 296 g/mol. The minimum atomic E-state index is -0.812. The summed E-state index contributed by atoms with van der Waals surface area (Å²) in [5, 5.41) is 9.66. The molecule has 0 aliphatic carbocycles. The number of carbonyl (C=O) groups excluding carboxylic acids is 1. The average molecular weight is 296 g/mol. The van der Waals surface area contributed by atoms with Crippen LogP contribution in [0.5, 0.6) is 0 Å². The van der Waals surface area contributed by atoms with Gasteiger partial charge >= 0.3 is 5.97 Å². The van der Waals surface area contributed by atoms with Crippen molar-refractivity contribution in [2.24, 2.45) is 5.92 Å². The number of hydrogen-bond acceptors (Lipinski definition) is 3. The van der Waals surface area contributed by atoms with Gasteiger partial charge in [0.2, 0.25) is 5.91 Å². The van der Waals surface area contributed by atoms with Gasteiger partial charge in [0, 0.05) is 13.1 Å². The second kappa shape index (κ2) is 6.77. The smallest absolute Gasteiger partial charge is 0.324 e. The maximum atomic E-state index is 12.5. The molecule has 21 heavy (non-hydrogen) atoms. The highest BCUT2D eigenvalue weighted by Gasteiger charge is 2.47. The Morgan fingerprint density at radius 3 is 2.48 bits per heavy atom. The number of likely N-dealkylation sites (tertiary alicyclic amines) is 2. The standard InChI is InChI=1S/C16H28N2O3/c1-3-7-16(15(20)21)8-4-9-18(16)12-14(19)17-10-5-13(2)6-11-17/h13H,3-12H2,1-2H3,(H,20,21). The van der Waals surface area contributed by atoms with E-state index in [9.17, 15) is 14.7 Å². The molecule has 1 N–H and O–H groups in total. The fourth-order valence-corrected chi connectivity index (χ4v) is 3.73. The summed E-state index contributed by atoms with van der Waals surface area (Å²) in [5.41, 5.74) is -0.812. The van der Waals surface area contributed by atoms with Crippen LogP contribution in [0.15, 0.2) is 0 Å². The molecular weight excluding hydrogens is 268 g/mol. The van der Waals surface area contributed by atoms with Gasteiger partial charge in [-0.25, -0.2) is 0 Å². The summed E-state index contributed by atoms with van der Waals surface area (Å²) in [6, 6.07) is 0. The zero-order valence-corrected chi connectivity index (χ0v) is 13.3. The SMILES string of the molecule is CCCC1(C(=O)O)CCCN1CC(=O)N1CCC(C)CC1. The highest BCUT2D eigenvalue weighted by atomic mass is 16.4. The summed E-state index contributed by atoms with van der Waals surface area (Å²) in [4.78, 5) is 28.1. The molecule has 1 atom stereocenters. The van der Waals surface area contributed by atoms with Gasteiger partial charge in [0.15, 0.2) is 0 Å². The normalized spacial score (nSPS) is 28.0. The summed E-state index contributed by atoms with van der Waals surface area (Å²) in [6.45, 7) is 6.86. The lowest BCUT2D eigenvalue weighted by Gasteiger charge is -2.37. The zero-order valence-electron chi connectivity index (χ0n) is 13.3. The van der Waals surface area contributed by atoms with Crippen molar-refractivity contribution in [3.05, 3.63) is 0 Å². The van der Waals surface area contributed by atoms with Crippen LogP contribution in [0.1, 0.15) is 52.4 Å². The van der Waals surface area contributed by atoms with Gasteiger partial charge in [-0.05, 0) is 44.6 Å². The summed E-state index contributed by atoms with van der Waals surface area (Å²) >= 11 is 0. The van der Waals surface area contributed by atoms with Crippen LogP contribution in [0.4, 0.5) is 0 Å². The molecule has 2 heterocycles. The molecule has 1 unspecified atom stereocenters. The van der Waals surface area contributed by atoms with E-state index in [1.54, 1.807) is 0 Å². The van der Waals surface area contributed by atoms with Crippen molar-refractivity contribution in [2.75, 3.05) is 26.2 Å². The fraction of sp³-hybridized carbons (Fsp3) is 0.875. The molecule has 0 aromatic rings. The molecular formula is C16H28N2O3. The molecule has 2 fully saturated rings. The molecule has 2 aliphatic rings. The predicted molar refractivity (Wildman–Crippen MR) is 81.1 cm³/mol. The third-order valence-electron chi connectivity index (χ3n) is 5.15. The summed E-state index contributed by atoms with van der Waals surface area (Å²) < 4.78 is 0. The second-order valence-electron chi connectivity index (χ2n) is 6.68. The number of piperidine rings is 1. The molecule has 2 saturated heterocycles. The van der Waals surface area contributed by atoms with Crippen molar-refractivity contribution in [1.29, 1.82) is 0 Å². The van der Waals surface area contributed by atoms with E-state index in [0.717, 1.165) is 45.3 Å². The number of hydrogen-bond donors (Lipinski definition) is 1. The van der Waals surface area contributed by atoms with Gasteiger partial charge in [0.1, 0.15) is 5.54 Å². The Morgan fingerprint density at radius 1 is 1.24 bits per heavy atom. The Hall–Kier alpha value is -1.10. The van der Waals surface area contributed by atoms with Crippen LogP contribution in [-0.2, 0) is 9.59 Å². The van der Waals surface area contributed by atoms with Gasteiger partial charge in [0.25, 0.3) is 0 Å². The minimum Gasteiger partial charge on any atom is -0.480 e.